The lowest BCUT2D eigenvalue weighted by molar-refractivity contribution is 0.175. The Bertz CT molecular complexity index is 654. The molecule has 0 atom stereocenters. The van der Waals surface area contributed by atoms with Crippen molar-refractivity contribution in [1.82, 2.24) is 24.4 Å². The molecule has 3 heterocycles. The van der Waals surface area contributed by atoms with Crippen LogP contribution in [0.1, 0.15) is 19.8 Å². The summed E-state index contributed by atoms with van der Waals surface area (Å²) in [5, 5.41) is 7.82. The minimum absolute atomic E-state index is 0.0439. The lowest BCUT2D eigenvalue weighted by Gasteiger charge is -2.31. The summed E-state index contributed by atoms with van der Waals surface area (Å²) in [7, 11) is 0. The molecule has 1 N–H and O–H groups in total. The standard InChI is InChI=1S/C16H25N5O/c1-2-17-13-14-6-9-19(10-7-14)11-12-21-16(22)20-8-4-3-5-15(20)18-21/h3-5,8,14,17H,2,6-7,9-13H2,1H3. The summed E-state index contributed by atoms with van der Waals surface area (Å²) in [6, 6.07) is 5.63. The number of hydrogen-bond donors (Lipinski definition) is 1. The van der Waals surface area contributed by atoms with Crippen molar-refractivity contribution < 1.29 is 0 Å². The summed E-state index contributed by atoms with van der Waals surface area (Å²) >= 11 is 0. The molecule has 6 nitrogen and oxygen atoms in total. The van der Waals surface area contributed by atoms with E-state index in [1.807, 2.05) is 18.2 Å². The van der Waals surface area contributed by atoms with Gasteiger partial charge in [0.15, 0.2) is 5.65 Å². The second kappa shape index (κ2) is 7.07. The van der Waals surface area contributed by atoms with Crippen molar-refractivity contribution in [3.05, 3.63) is 34.9 Å². The number of hydrogen-bond acceptors (Lipinski definition) is 4. The van der Waals surface area contributed by atoms with E-state index < -0.39 is 0 Å². The first-order valence-electron chi connectivity index (χ1n) is 8.25. The average Bonchev–Trinajstić information content (AvgIpc) is 2.88. The van der Waals surface area contributed by atoms with Gasteiger partial charge in [-0.1, -0.05) is 13.0 Å². The first kappa shape index (κ1) is 15.2. The van der Waals surface area contributed by atoms with E-state index in [4.69, 9.17) is 0 Å². The van der Waals surface area contributed by atoms with Crippen LogP contribution >= 0.6 is 0 Å². The van der Waals surface area contributed by atoms with Gasteiger partial charge in [-0.05, 0) is 57.1 Å². The zero-order chi connectivity index (χ0) is 15.4. The highest BCUT2D eigenvalue weighted by molar-refractivity contribution is 5.35. The van der Waals surface area contributed by atoms with E-state index >= 15 is 0 Å². The van der Waals surface area contributed by atoms with Crippen molar-refractivity contribution in [2.45, 2.75) is 26.3 Å². The van der Waals surface area contributed by atoms with Crippen LogP contribution in [0.3, 0.4) is 0 Å². The number of likely N-dealkylation sites (tertiary alicyclic amines) is 1. The van der Waals surface area contributed by atoms with E-state index in [0.29, 0.717) is 6.54 Å². The van der Waals surface area contributed by atoms with Gasteiger partial charge in [0, 0.05) is 12.7 Å². The lowest BCUT2D eigenvalue weighted by Crippen LogP contribution is -2.39. The summed E-state index contributed by atoms with van der Waals surface area (Å²) < 4.78 is 3.18. The number of nitrogens with one attached hydrogen (secondary N) is 1. The zero-order valence-electron chi connectivity index (χ0n) is 13.2. The van der Waals surface area contributed by atoms with Gasteiger partial charge in [0.05, 0.1) is 6.54 Å². The zero-order valence-corrected chi connectivity index (χ0v) is 13.2. The molecule has 0 aliphatic carbocycles. The van der Waals surface area contributed by atoms with Crippen LogP contribution in [-0.2, 0) is 6.54 Å². The van der Waals surface area contributed by atoms with Gasteiger partial charge in [-0.25, -0.2) is 9.48 Å². The van der Waals surface area contributed by atoms with Crippen molar-refractivity contribution in [2.24, 2.45) is 5.92 Å². The van der Waals surface area contributed by atoms with E-state index in [1.165, 1.54) is 12.8 Å². The van der Waals surface area contributed by atoms with Crippen LogP contribution in [0.15, 0.2) is 29.2 Å². The molecule has 0 amide bonds. The van der Waals surface area contributed by atoms with Crippen LogP contribution in [0, 0.1) is 5.92 Å². The second-order valence-corrected chi connectivity index (χ2v) is 6.03. The molecular formula is C16H25N5O. The lowest BCUT2D eigenvalue weighted by atomic mass is 9.97. The predicted octanol–water partition coefficient (Wildman–Crippen LogP) is 0.817. The topological polar surface area (TPSA) is 54.6 Å². The number of pyridine rings is 1. The fourth-order valence-electron chi connectivity index (χ4n) is 3.11. The molecule has 120 valence electrons. The SMILES string of the molecule is CCNCC1CCN(CCn2nc3ccccn3c2=O)CC1. The minimum atomic E-state index is -0.0439. The van der Waals surface area contributed by atoms with E-state index in [9.17, 15) is 4.79 Å². The molecule has 2 aromatic heterocycles. The fourth-order valence-corrected chi connectivity index (χ4v) is 3.11. The maximum Gasteiger partial charge on any atom is 0.350 e. The summed E-state index contributed by atoms with van der Waals surface area (Å²) in [6.45, 7) is 8.15. The Hall–Kier alpha value is -1.66. The van der Waals surface area contributed by atoms with Crippen molar-refractivity contribution in [3.63, 3.8) is 0 Å². The number of rotatable bonds is 6. The Labute approximate surface area is 130 Å². The van der Waals surface area contributed by atoms with Gasteiger partial charge in [-0.3, -0.25) is 4.40 Å². The molecule has 0 spiro atoms. The van der Waals surface area contributed by atoms with Gasteiger partial charge < -0.3 is 10.2 Å². The highest BCUT2D eigenvalue weighted by Crippen LogP contribution is 2.16. The fraction of sp³-hybridized carbons (Fsp3) is 0.625. The summed E-state index contributed by atoms with van der Waals surface area (Å²) in [5.41, 5.74) is 0.675. The summed E-state index contributed by atoms with van der Waals surface area (Å²) in [6.07, 6.45) is 4.26. The van der Waals surface area contributed by atoms with Gasteiger partial charge >= 0.3 is 5.69 Å². The monoisotopic (exact) mass is 303 g/mol. The second-order valence-electron chi connectivity index (χ2n) is 6.03. The van der Waals surface area contributed by atoms with Crippen LogP contribution in [-0.4, -0.2) is 51.8 Å². The molecule has 0 aromatic carbocycles. The third kappa shape index (κ3) is 3.39. The molecular weight excluding hydrogens is 278 g/mol. The number of aromatic nitrogens is 3. The van der Waals surface area contributed by atoms with E-state index in [-0.39, 0.29) is 5.69 Å². The van der Waals surface area contributed by atoms with E-state index in [0.717, 1.165) is 44.3 Å². The third-order valence-electron chi connectivity index (χ3n) is 4.51. The van der Waals surface area contributed by atoms with Crippen LogP contribution < -0.4 is 11.0 Å². The Morgan fingerprint density at radius 1 is 1.27 bits per heavy atom. The van der Waals surface area contributed by atoms with Crippen LogP contribution in [0.5, 0.6) is 0 Å². The number of piperidine rings is 1. The Morgan fingerprint density at radius 2 is 2.09 bits per heavy atom. The van der Waals surface area contributed by atoms with Crippen LogP contribution in [0.4, 0.5) is 0 Å². The maximum atomic E-state index is 12.2. The molecule has 0 unspecified atom stereocenters. The Balaban J connectivity index is 1.52. The minimum Gasteiger partial charge on any atom is -0.317 e. The third-order valence-corrected chi connectivity index (χ3v) is 4.51. The molecule has 1 saturated heterocycles. The van der Waals surface area contributed by atoms with E-state index in [2.05, 4.69) is 22.2 Å². The summed E-state index contributed by atoms with van der Waals surface area (Å²) in [4.78, 5) is 14.7. The molecule has 0 bridgehead atoms. The molecule has 1 aliphatic heterocycles. The molecule has 2 aromatic rings. The predicted molar refractivity (Wildman–Crippen MR) is 87.2 cm³/mol. The van der Waals surface area contributed by atoms with Crippen molar-refractivity contribution >= 4 is 5.65 Å². The van der Waals surface area contributed by atoms with Gasteiger partial charge in [-0.15, -0.1) is 5.10 Å². The first-order chi connectivity index (χ1) is 10.8. The van der Waals surface area contributed by atoms with Gasteiger partial charge in [0.25, 0.3) is 0 Å². The molecule has 0 saturated carbocycles. The molecule has 3 rings (SSSR count). The normalized spacial score (nSPS) is 17.3. The molecule has 6 heteroatoms. The van der Waals surface area contributed by atoms with Gasteiger partial charge in [0.2, 0.25) is 0 Å². The highest BCUT2D eigenvalue weighted by Gasteiger charge is 2.18. The molecule has 1 fully saturated rings. The largest absolute Gasteiger partial charge is 0.350 e. The van der Waals surface area contributed by atoms with Gasteiger partial charge in [0.1, 0.15) is 0 Å². The molecule has 0 radical (unpaired) electrons. The summed E-state index contributed by atoms with van der Waals surface area (Å²) in [5.74, 6) is 0.800. The van der Waals surface area contributed by atoms with Crippen LogP contribution in [0.25, 0.3) is 5.65 Å². The average molecular weight is 303 g/mol. The van der Waals surface area contributed by atoms with Crippen molar-refractivity contribution in [3.8, 4) is 0 Å². The number of nitrogens with zero attached hydrogens (tertiary/aromatic N) is 4. The van der Waals surface area contributed by atoms with Crippen molar-refractivity contribution in [2.75, 3.05) is 32.7 Å². The first-order valence-corrected chi connectivity index (χ1v) is 8.25. The van der Waals surface area contributed by atoms with E-state index in [1.54, 1.807) is 15.3 Å². The maximum absolute atomic E-state index is 12.2. The van der Waals surface area contributed by atoms with Gasteiger partial charge in [-0.2, -0.15) is 0 Å². The highest BCUT2D eigenvalue weighted by atomic mass is 16.2. The number of fused-ring (bicyclic) bond motifs is 1. The Kier molecular flexibility index (Phi) is 4.90. The quantitative estimate of drug-likeness (QED) is 0.858. The van der Waals surface area contributed by atoms with Crippen molar-refractivity contribution in [1.29, 1.82) is 0 Å². The molecule has 22 heavy (non-hydrogen) atoms. The van der Waals surface area contributed by atoms with Crippen LogP contribution in [0.2, 0.25) is 0 Å². The molecule has 1 aliphatic rings. The smallest absolute Gasteiger partial charge is 0.317 e. The Morgan fingerprint density at radius 3 is 2.82 bits per heavy atom.